The van der Waals surface area contributed by atoms with Gasteiger partial charge in [-0.3, -0.25) is 18.5 Å². The van der Waals surface area contributed by atoms with Crippen LogP contribution in [0.4, 0.5) is 24.5 Å². The molecule has 38 heavy (non-hydrogen) atoms. The molecule has 3 aromatic carbocycles. The van der Waals surface area contributed by atoms with Gasteiger partial charge in [-0.25, -0.2) is 8.42 Å². The number of rotatable bonds is 7. The molecule has 4 rings (SSSR count). The lowest BCUT2D eigenvalue weighted by atomic mass is 10.2. The number of carbonyl (C=O) groups excluding carboxylic acids is 1. The van der Waals surface area contributed by atoms with Crippen molar-refractivity contribution in [3.05, 3.63) is 87.0 Å². The molecule has 0 bridgehead atoms. The number of nitrogens with zero attached hydrogens (tertiary/aromatic N) is 2. The number of amides is 1. The Morgan fingerprint density at radius 2 is 1.76 bits per heavy atom. The van der Waals surface area contributed by atoms with Gasteiger partial charge in [0.1, 0.15) is 6.54 Å². The zero-order chi connectivity index (χ0) is 27.8. The van der Waals surface area contributed by atoms with Gasteiger partial charge in [-0.05, 0) is 62.4 Å². The van der Waals surface area contributed by atoms with Gasteiger partial charge in [-0.2, -0.15) is 13.2 Å². The molecule has 1 heterocycles. The first-order valence-corrected chi connectivity index (χ1v) is 13.8. The van der Waals surface area contributed by atoms with Gasteiger partial charge >= 0.3 is 11.0 Å². The lowest BCUT2D eigenvalue weighted by Crippen LogP contribution is -2.38. The maximum absolute atomic E-state index is 13.5. The number of sulfonamides is 1. The van der Waals surface area contributed by atoms with Crippen LogP contribution in [0.5, 0.6) is 0 Å². The lowest BCUT2D eigenvalue weighted by Gasteiger charge is -2.25. The highest BCUT2D eigenvalue weighted by Crippen LogP contribution is 2.38. The fourth-order valence-corrected chi connectivity index (χ4v) is 6.57. The Balaban J connectivity index is 1.70. The Morgan fingerprint density at radius 3 is 2.39 bits per heavy atom. The number of nitrogens with one attached hydrogen (secondary N) is 1. The Labute approximate surface area is 225 Å². The number of benzene rings is 3. The Hall–Kier alpha value is -3.35. The molecule has 0 radical (unpaired) electrons. The van der Waals surface area contributed by atoms with Crippen LogP contribution in [0.15, 0.2) is 76.4 Å². The first-order chi connectivity index (χ1) is 17.8. The predicted octanol–water partition coefficient (Wildman–Crippen LogP) is 6.15. The zero-order valence-electron chi connectivity index (χ0n) is 20.0. The van der Waals surface area contributed by atoms with Crippen molar-refractivity contribution in [3.63, 3.8) is 0 Å². The van der Waals surface area contributed by atoms with Crippen molar-refractivity contribution in [2.45, 2.75) is 31.0 Å². The van der Waals surface area contributed by atoms with Crippen molar-refractivity contribution < 1.29 is 26.4 Å². The molecule has 1 aromatic heterocycles. The van der Waals surface area contributed by atoms with Crippen LogP contribution < -0.4 is 14.5 Å². The van der Waals surface area contributed by atoms with Crippen molar-refractivity contribution in [1.29, 1.82) is 0 Å². The fraction of sp³-hybridized carbons (Fsp3) is 0.200. The molecule has 0 aliphatic heterocycles. The molecule has 0 saturated heterocycles. The predicted molar refractivity (Wildman–Crippen MR) is 143 cm³/mol. The highest BCUT2D eigenvalue weighted by molar-refractivity contribution is 7.92. The van der Waals surface area contributed by atoms with Crippen LogP contribution in [0.2, 0.25) is 5.02 Å². The molecule has 0 fully saturated rings. The van der Waals surface area contributed by atoms with Crippen molar-refractivity contribution in [1.82, 2.24) is 4.57 Å². The van der Waals surface area contributed by atoms with Gasteiger partial charge in [0.2, 0.25) is 5.91 Å². The molecule has 4 aromatic rings. The minimum absolute atomic E-state index is 0.0746. The van der Waals surface area contributed by atoms with Crippen molar-refractivity contribution in [2.24, 2.45) is 0 Å². The highest BCUT2D eigenvalue weighted by atomic mass is 35.5. The van der Waals surface area contributed by atoms with E-state index in [1.807, 2.05) is 13.8 Å². The van der Waals surface area contributed by atoms with E-state index in [9.17, 15) is 31.2 Å². The van der Waals surface area contributed by atoms with E-state index in [-0.39, 0.29) is 21.5 Å². The molecule has 13 heteroatoms. The summed E-state index contributed by atoms with van der Waals surface area (Å²) in [6.45, 7) is 2.91. The maximum atomic E-state index is 13.5. The average Bonchev–Trinajstić information content (AvgIpc) is 3.18. The average molecular weight is 584 g/mol. The third kappa shape index (κ3) is 5.57. The standard InChI is InChI=1S/C25H21ClF3N3O4S2/c1-15(2)32-21-11-8-16(12-22(21)37-24(32)34)30-23(33)14-31(38(35,36)18-6-4-3-5-7-18)17-9-10-20(26)19(13-17)25(27,28)29/h3-13,15H,14H2,1-2H3,(H,30,33). The van der Waals surface area contributed by atoms with Gasteiger partial charge in [0.25, 0.3) is 10.0 Å². The van der Waals surface area contributed by atoms with Crippen LogP contribution in [0.3, 0.4) is 0 Å². The Kier molecular flexibility index (Phi) is 7.60. The third-order valence-electron chi connectivity index (χ3n) is 5.58. The van der Waals surface area contributed by atoms with E-state index in [1.165, 1.54) is 24.3 Å². The van der Waals surface area contributed by atoms with Crippen molar-refractivity contribution in [2.75, 3.05) is 16.2 Å². The van der Waals surface area contributed by atoms with Crippen LogP contribution in [0.25, 0.3) is 10.2 Å². The van der Waals surface area contributed by atoms with Crippen LogP contribution in [-0.4, -0.2) is 25.4 Å². The summed E-state index contributed by atoms with van der Waals surface area (Å²) in [6, 6.07) is 14.4. The molecule has 0 aliphatic carbocycles. The van der Waals surface area contributed by atoms with Crippen LogP contribution >= 0.6 is 22.9 Å². The van der Waals surface area contributed by atoms with Gasteiger partial charge < -0.3 is 5.32 Å². The summed E-state index contributed by atoms with van der Waals surface area (Å²) in [7, 11) is -4.44. The first kappa shape index (κ1) is 27.7. The molecular weight excluding hydrogens is 563 g/mol. The minimum atomic E-state index is -4.85. The summed E-state index contributed by atoms with van der Waals surface area (Å²) >= 11 is 6.72. The Bertz CT molecular complexity index is 1670. The number of hydrogen-bond donors (Lipinski definition) is 1. The summed E-state index contributed by atoms with van der Waals surface area (Å²) in [6.07, 6.45) is -4.85. The van der Waals surface area contributed by atoms with E-state index in [4.69, 9.17) is 11.6 Å². The zero-order valence-corrected chi connectivity index (χ0v) is 22.4. The molecule has 200 valence electrons. The van der Waals surface area contributed by atoms with E-state index < -0.39 is 39.2 Å². The lowest BCUT2D eigenvalue weighted by molar-refractivity contribution is -0.137. The van der Waals surface area contributed by atoms with Gasteiger partial charge in [0, 0.05) is 11.7 Å². The number of thiazole rings is 1. The number of hydrogen-bond acceptors (Lipinski definition) is 5. The van der Waals surface area contributed by atoms with Gasteiger partial charge in [0.05, 0.1) is 31.4 Å². The minimum Gasteiger partial charge on any atom is -0.324 e. The van der Waals surface area contributed by atoms with Gasteiger partial charge in [-0.1, -0.05) is 41.1 Å². The molecule has 0 saturated carbocycles. The smallest absolute Gasteiger partial charge is 0.324 e. The second-order valence-corrected chi connectivity index (χ2v) is 11.8. The molecule has 0 spiro atoms. The summed E-state index contributed by atoms with van der Waals surface area (Å²) in [4.78, 5) is 24.9. The third-order valence-corrected chi connectivity index (χ3v) is 8.61. The number of fused-ring (bicyclic) bond motifs is 1. The van der Waals surface area contributed by atoms with Crippen LogP contribution in [-0.2, 0) is 21.0 Å². The number of halogens is 4. The Morgan fingerprint density at radius 1 is 1.08 bits per heavy atom. The quantitative estimate of drug-likeness (QED) is 0.283. The SMILES string of the molecule is CC(C)n1c(=O)sc2cc(NC(=O)CN(c3ccc(Cl)c(C(F)(F)F)c3)S(=O)(=O)c3ccccc3)ccc21. The van der Waals surface area contributed by atoms with E-state index >= 15 is 0 Å². The van der Waals surface area contributed by atoms with E-state index in [1.54, 1.807) is 28.8 Å². The largest absolute Gasteiger partial charge is 0.417 e. The topological polar surface area (TPSA) is 88.5 Å². The number of carbonyl (C=O) groups is 1. The summed E-state index contributed by atoms with van der Waals surface area (Å²) < 4.78 is 70.2. The van der Waals surface area contributed by atoms with Crippen LogP contribution in [0, 0.1) is 0 Å². The van der Waals surface area contributed by atoms with Gasteiger partial charge in [-0.15, -0.1) is 0 Å². The first-order valence-electron chi connectivity index (χ1n) is 11.2. The second kappa shape index (κ2) is 10.4. The molecular formula is C25H21ClF3N3O4S2. The van der Waals surface area contributed by atoms with Crippen molar-refractivity contribution >= 4 is 60.5 Å². The molecule has 0 unspecified atom stereocenters. The summed E-state index contributed by atoms with van der Waals surface area (Å²) in [5.74, 6) is -0.803. The monoisotopic (exact) mass is 583 g/mol. The molecule has 1 amide bonds. The normalized spacial score (nSPS) is 12.2. The maximum Gasteiger partial charge on any atom is 0.417 e. The number of anilines is 2. The number of alkyl halides is 3. The molecule has 0 atom stereocenters. The molecule has 7 nitrogen and oxygen atoms in total. The number of aromatic nitrogens is 1. The van der Waals surface area contributed by atoms with E-state index in [2.05, 4.69) is 5.32 Å². The van der Waals surface area contributed by atoms with Crippen molar-refractivity contribution in [3.8, 4) is 0 Å². The summed E-state index contributed by atoms with van der Waals surface area (Å²) in [5, 5.41) is 1.97. The second-order valence-electron chi connectivity index (χ2n) is 8.55. The molecule has 1 N–H and O–H groups in total. The highest BCUT2D eigenvalue weighted by Gasteiger charge is 2.35. The van der Waals surface area contributed by atoms with Gasteiger partial charge in [0.15, 0.2) is 0 Å². The summed E-state index contributed by atoms with van der Waals surface area (Å²) in [5.41, 5.74) is -0.644. The molecule has 0 aliphatic rings. The fourth-order valence-electron chi connectivity index (χ4n) is 3.85. The van der Waals surface area contributed by atoms with E-state index in [0.717, 1.165) is 23.5 Å². The van der Waals surface area contributed by atoms with Crippen LogP contribution in [0.1, 0.15) is 25.5 Å². The van der Waals surface area contributed by atoms with E-state index in [0.29, 0.717) is 26.3 Å².